The van der Waals surface area contributed by atoms with Crippen LogP contribution in [0.4, 0.5) is 4.79 Å². The van der Waals surface area contributed by atoms with Crippen molar-refractivity contribution in [3.05, 3.63) is 11.7 Å². The Morgan fingerprint density at radius 1 is 1.43 bits per heavy atom. The predicted molar refractivity (Wildman–Crippen MR) is 81.5 cm³/mol. The highest BCUT2D eigenvalue weighted by molar-refractivity contribution is 6.06. The van der Waals surface area contributed by atoms with Crippen molar-refractivity contribution in [3.63, 3.8) is 0 Å². The zero-order valence-electron chi connectivity index (χ0n) is 13.8. The largest absolute Gasteiger partial charge is 0.338 e. The Labute approximate surface area is 135 Å². The monoisotopic (exact) mass is 321 g/mol. The predicted octanol–water partition coefficient (Wildman–Crippen LogP) is 1.00. The first kappa shape index (κ1) is 15.9. The van der Waals surface area contributed by atoms with Gasteiger partial charge in [0.1, 0.15) is 5.54 Å². The van der Waals surface area contributed by atoms with E-state index in [1.54, 1.807) is 6.92 Å². The molecule has 8 nitrogen and oxygen atoms in total. The number of amides is 3. The third-order valence-electron chi connectivity index (χ3n) is 4.75. The topological polar surface area (TPSA) is 100 Å². The normalized spacial score (nSPS) is 29.0. The molecule has 0 spiro atoms. The van der Waals surface area contributed by atoms with E-state index in [1.807, 2.05) is 13.8 Å². The Morgan fingerprint density at radius 2 is 2.22 bits per heavy atom. The molecule has 0 unspecified atom stereocenters. The molecular weight excluding hydrogens is 298 g/mol. The standard InChI is InChI=1S/C15H23N5O3/c1-9(2)12-16-11(23-19-12)8-20-6-4-5-10(7-20)15(3)13(21)17-14(22)18-15/h9-10H,4-8H2,1-3H3,(H2,17,18,21,22)/t10-,15-/m1/s1. The summed E-state index contributed by atoms with van der Waals surface area (Å²) in [6.07, 6.45) is 1.87. The van der Waals surface area contributed by atoms with E-state index in [0.717, 1.165) is 19.4 Å². The first-order valence-corrected chi connectivity index (χ1v) is 8.07. The molecule has 2 saturated heterocycles. The summed E-state index contributed by atoms with van der Waals surface area (Å²) in [6.45, 7) is 8.04. The van der Waals surface area contributed by atoms with Crippen LogP contribution in [0.25, 0.3) is 0 Å². The minimum Gasteiger partial charge on any atom is -0.338 e. The smallest absolute Gasteiger partial charge is 0.322 e. The second kappa shape index (κ2) is 5.92. The molecule has 23 heavy (non-hydrogen) atoms. The maximum absolute atomic E-state index is 12.1. The summed E-state index contributed by atoms with van der Waals surface area (Å²) in [5.74, 6) is 1.37. The van der Waals surface area contributed by atoms with Crippen LogP contribution >= 0.6 is 0 Å². The number of carbonyl (C=O) groups is 2. The number of urea groups is 1. The Balaban J connectivity index is 1.66. The lowest BCUT2D eigenvalue weighted by molar-refractivity contribution is -0.126. The van der Waals surface area contributed by atoms with Gasteiger partial charge in [0, 0.05) is 18.4 Å². The molecule has 3 heterocycles. The average Bonchev–Trinajstić information content (AvgIpc) is 3.05. The first-order chi connectivity index (χ1) is 10.9. The van der Waals surface area contributed by atoms with Gasteiger partial charge in [-0.25, -0.2) is 4.79 Å². The maximum atomic E-state index is 12.1. The van der Waals surface area contributed by atoms with Gasteiger partial charge in [0.05, 0.1) is 6.54 Å². The van der Waals surface area contributed by atoms with Gasteiger partial charge < -0.3 is 9.84 Å². The summed E-state index contributed by atoms with van der Waals surface area (Å²) >= 11 is 0. The van der Waals surface area contributed by atoms with Crippen molar-refractivity contribution in [1.29, 1.82) is 0 Å². The summed E-state index contributed by atoms with van der Waals surface area (Å²) in [6, 6.07) is -0.409. The highest BCUT2D eigenvalue weighted by atomic mass is 16.5. The molecule has 0 aromatic carbocycles. The summed E-state index contributed by atoms with van der Waals surface area (Å²) in [7, 11) is 0. The molecule has 1 aromatic heterocycles. The maximum Gasteiger partial charge on any atom is 0.322 e. The van der Waals surface area contributed by atoms with Gasteiger partial charge in [0.15, 0.2) is 5.82 Å². The quantitative estimate of drug-likeness (QED) is 0.803. The van der Waals surface area contributed by atoms with Crippen LogP contribution in [0.3, 0.4) is 0 Å². The van der Waals surface area contributed by atoms with Gasteiger partial charge in [0.2, 0.25) is 5.89 Å². The first-order valence-electron chi connectivity index (χ1n) is 8.07. The van der Waals surface area contributed by atoms with E-state index >= 15 is 0 Å². The molecule has 0 radical (unpaired) electrons. The Morgan fingerprint density at radius 3 is 2.83 bits per heavy atom. The number of hydrogen-bond acceptors (Lipinski definition) is 6. The van der Waals surface area contributed by atoms with Crippen molar-refractivity contribution in [3.8, 4) is 0 Å². The molecule has 126 valence electrons. The zero-order chi connectivity index (χ0) is 16.6. The number of imide groups is 1. The fourth-order valence-corrected chi connectivity index (χ4v) is 3.27. The van der Waals surface area contributed by atoms with E-state index in [0.29, 0.717) is 24.8 Å². The summed E-state index contributed by atoms with van der Waals surface area (Å²) < 4.78 is 5.30. The van der Waals surface area contributed by atoms with E-state index in [9.17, 15) is 9.59 Å². The highest BCUT2D eigenvalue weighted by Gasteiger charge is 2.48. The number of piperidine rings is 1. The molecular formula is C15H23N5O3. The van der Waals surface area contributed by atoms with Crippen molar-refractivity contribution >= 4 is 11.9 Å². The van der Waals surface area contributed by atoms with Crippen LogP contribution in [0.1, 0.15) is 51.2 Å². The SMILES string of the molecule is CC(C)c1noc(CN2CCC[C@@H]([C@@]3(C)NC(=O)NC3=O)C2)n1. The molecule has 2 aliphatic heterocycles. The number of nitrogens with one attached hydrogen (secondary N) is 2. The summed E-state index contributed by atoms with van der Waals surface area (Å²) in [5, 5.41) is 9.09. The number of likely N-dealkylation sites (tertiary alicyclic amines) is 1. The zero-order valence-corrected chi connectivity index (χ0v) is 13.8. The molecule has 8 heteroatoms. The fraction of sp³-hybridized carbons (Fsp3) is 0.733. The van der Waals surface area contributed by atoms with E-state index in [-0.39, 0.29) is 17.7 Å². The third kappa shape index (κ3) is 3.08. The molecule has 3 amide bonds. The number of nitrogens with zero attached hydrogens (tertiary/aromatic N) is 3. The lowest BCUT2D eigenvalue weighted by Crippen LogP contribution is -2.55. The minimum atomic E-state index is -0.840. The number of hydrogen-bond donors (Lipinski definition) is 2. The van der Waals surface area contributed by atoms with Gasteiger partial charge in [-0.3, -0.25) is 15.0 Å². The van der Waals surface area contributed by atoms with Crippen molar-refractivity contribution in [1.82, 2.24) is 25.7 Å². The van der Waals surface area contributed by atoms with Crippen LogP contribution in [0.2, 0.25) is 0 Å². The Kier molecular flexibility index (Phi) is 4.09. The number of aromatic nitrogens is 2. The third-order valence-corrected chi connectivity index (χ3v) is 4.75. The molecule has 2 fully saturated rings. The molecule has 2 N–H and O–H groups in total. The number of rotatable bonds is 4. The minimum absolute atomic E-state index is 0.0650. The van der Waals surface area contributed by atoms with E-state index in [1.165, 1.54) is 0 Å². The van der Waals surface area contributed by atoms with Crippen LogP contribution in [-0.4, -0.2) is 45.6 Å². The fourth-order valence-electron chi connectivity index (χ4n) is 3.27. The molecule has 1 aromatic rings. The van der Waals surface area contributed by atoms with Gasteiger partial charge in [-0.15, -0.1) is 0 Å². The second-order valence-corrected chi connectivity index (χ2v) is 6.89. The number of carbonyl (C=O) groups excluding carboxylic acids is 2. The van der Waals surface area contributed by atoms with E-state index < -0.39 is 11.6 Å². The highest BCUT2D eigenvalue weighted by Crippen LogP contribution is 2.30. The van der Waals surface area contributed by atoms with Crippen molar-refractivity contribution in [2.45, 2.75) is 51.6 Å². The van der Waals surface area contributed by atoms with Crippen LogP contribution in [-0.2, 0) is 11.3 Å². The van der Waals surface area contributed by atoms with Crippen LogP contribution < -0.4 is 10.6 Å². The van der Waals surface area contributed by atoms with E-state index in [4.69, 9.17) is 4.52 Å². The molecule has 0 bridgehead atoms. The van der Waals surface area contributed by atoms with Crippen molar-refractivity contribution in [2.24, 2.45) is 5.92 Å². The lowest BCUT2D eigenvalue weighted by Gasteiger charge is -2.39. The van der Waals surface area contributed by atoms with Gasteiger partial charge in [-0.1, -0.05) is 19.0 Å². The van der Waals surface area contributed by atoms with Gasteiger partial charge in [0.25, 0.3) is 5.91 Å². The average molecular weight is 321 g/mol. The molecule has 0 saturated carbocycles. The molecule has 2 aliphatic rings. The van der Waals surface area contributed by atoms with E-state index in [2.05, 4.69) is 25.7 Å². The Hall–Kier alpha value is -1.96. The summed E-state index contributed by atoms with van der Waals surface area (Å²) in [4.78, 5) is 30.2. The van der Waals surface area contributed by atoms with Gasteiger partial charge in [-0.2, -0.15) is 4.98 Å². The van der Waals surface area contributed by atoms with Gasteiger partial charge in [-0.05, 0) is 26.3 Å². The lowest BCUT2D eigenvalue weighted by atomic mass is 9.80. The summed E-state index contributed by atoms with van der Waals surface area (Å²) in [5.41, 5.74) is -0.840. The van der Waals surface area contributed by atoms with Crippen molar-refractivity contribution < 1.29 is 14.1 Å². The molecule has 3 rings (SSSR count). The Bertz CT molecular complexity index is 614. The molecule has 2 atom stereocenters. The molecule has 0 aliphatic carbocycles. The van der Waals surface area contributed by atoms with Crippen LogP contribution in [0, 0.1) is 5.92 Å². The second-order valence-electron chi connectivity index (χ2n) is 6.89. The van der Waals surface area contributed by atoms with Crippen molar-refractivity contribution in [2.75, 3.05) is 13.1 Å². The van der Waals surface area contributed by atoms with Crippen LogP contribution in [0.5, 0.6) is 0 Å². The van der Waals surface area contributed by atoms with Gasteiger partial charge >= 0.3 is 6.03 Å². The van der Waals surface area contributed by atoms with Crippen LogP contribution in [0.15, 0.2) is 4.52 Å².